The summed E-state index contributed by atoms with van der Waals surface area (Å²) in [5, 5.41) is 4.14. The Morgan fingerprint density at radius 2 is 2.14 bits per heavy atom. The van der Waals surface area contributed by atoms with Crippen LogP contribution >= 0.6 is 28.1 Å². The van der Waals surface area contributed by atoms with Gasteiger partial charge >= 0.3 is 0 Å². The maximum atomic E-state index is 13.2. The van der Waals surface area contributed by atoms with Gasteiger partial charge in [-0.3, -0.25) is 4.68 Å². The quantitative estimate of drug-likeness (QED) is 0.696. The van der Waals surface area contributed by atoms with Crippen LogP contribution in [0.2, 0.25) is 0 Å². The zero-order valence-corrected chi connectivity index (χ0v) is 13.4. The van der Waals surface area contributed by atoms with Gasteiger partial charge in [-0.2, -0.15) is 5.10 Å². The van der Waals surface area contributed by atoms with Crippen LogP contribution in [0, 0.1) is 10.5 Å². The second-order valence-corrected chi connectivity index (χ2v) is 5.78. The largest absolute Gasteiger partial charge is 0.339 e. The third-order valence-electron chi connectivity index (χ3n) is 2.95. The number of rotatable bonds is 2. The van der Waals surface area contributed by atoms with Gasteiger partial charge in [-0.05, 0) is 40.2 Å². The predicted molar refractivity (Wildman–Crippen MR) is 84.7 cm³/mol. The number of H-pyrrole nitrogens is 1. The van der Waals surface area contributed by atoms with Crippen LogP contribution in [-0.2, 0) is 7.05 Å². The van der Waals surface area contributed by atoms with Gasteiger partial charge in [0.25, 0.3) is 0 Å². The Morgan fingerprint density at radius 3 is 2.81 bits per heavy atom. The molecular formula is C14H10BrFN4S. The highest BCUT2D eigenvalue weighted by molar-refractivity contribution is 9.10. The number of nitrogens with zero attached hydrogens (tertiary/aromatic N) is 3. The average Bonchev–Trinajstić information content (AvgIpc) is 2.84. The lowest BCUT2D eigenvalue weighted by Crippen LogP contribution is -1.94. The molecule has 0 spiro atoms. The number of halogens is 2. The average molecular weight is 365 g/mol. The van der Waals surface area contributed by atoms with Gasteiger partial charge in [-0.25, -0.2) is 9.37 Å². The van der Waals surface area contributed by atoms with Gasteiger partial charge < -0.3 is 4.98 Å². The van der Waals surface area contributed by atoms with E-state index in [0.29, 0.717) is 14.9 Å². The molecule has 0 aliphatic rings. The highest BCUT2D eigenvalue weighted by Crippen LogP contribution is 2.28. The maximum absolute atomic E-state index is 13.2. The first-order valence-corrected chi connectivity index (χ1v) is 7.29. The Hall–Kier alpha value is -1.86. The summed E-state index contributed by atoms with van der Waals surface area (Å²) in [7, 11) is 1.84. The molecule has 0 amide bonds. The molecule has 106 valence electrons. The Labute approximate surface area is 133 Å². The van der Waals surface area contributed by atoms with Crippen LogP contribution in [0.15, 0.2) is 41.1 Å². The number of hydrogen-bond acceptors (Lipinski definition) is 3. The van der Waals surface area contributed by atoms with E-state index in [1.54, 1.807) is 23.0 Å². The van der Waals surface area contributed by atoms with Gasteiger partial charge in [0, 0.05) is 28.8 Å². The summed E-state index contributed by atoms with van der Waals surface area (Å²) < 4.78 is 16.0. The summed E-state index contributed by atoms with van der Waals surface area (Å²) >= 11 is 8.56. The summed E-state index contributed by atoms with van der Waals surface area (Å²) in [6.45, 7) is 0. The summed E-state index contributed by atoms with van der Waals surface area (Å²) in [6.07, 6.45) is 3.62. The molecule has 7 heteroatoms. The fourth-order valence-electron chi connectivity index (χ4n) is 1.98. The molecule has 0 aliphatic heterocycles. The van der Waals surface area contributed by atoms with Crippen molar-refractivity contribution in [1.29, 1.82) is 0 Å². The van der Waals surface area contributed by atoms with Gasteiger partial charge in [0.1, 0.15) is 16.3 Å². The first-order valence-electron chi connectivity index (χ1n) is 6.09. The van der Waals surface area contributed by atoms with Crippen LogP contribution < -0.4 is 0 Å². The zero-order valence-electron chi connectivity index (χ0n) is 11.0. The molecule has 21 heavy (non-hydrogen) atoms. The number of nitrogens with one attached hydrogen (secondary N) is 1. The zero-order chi connectivity index (χ0) is 15.0. The summed E-state index contributed by atoms with van der Waals surface area (Å²) in [5.41, 5.74) is 2.47. The molecule has 1 aromatic carbocycles. The van der Waals surface area contributed by atoms with E-state index in [1.165, 1.54) is 12.1 Å². The Kier molecular flexibility index (Phi) is 3.69. The molecule has 0 atom stereocenters. The third kappa shape index (κ3) is 2.93. The van der Waals surface area contributed by atoms with Crippen molar-refractivity contribution >= 4 is 28.1 Å². The smallest absolute Gasteiger partial charge is 0.140 e. The molecule has 0 saturated heterocycles. The lowest BCUT2D eigenvalue weighted by molar-refractivity contribution is 0.627. The minimum Gasteiger partial charge on any atom is -0.339 e. The van der Waals surface area contributed by atoms with Crippen molar-refractivity contribution in [3.63, 3.8) is 0 Å². The van der Waals surface area contributed by atoms with Crippen molar-refractivity contribution in [2.45, 2.75) is 0 Å². The minimum atomic E-state index is -0.312. The van der Waals surface area contributed by atoms with Crippen LogP contribution in [-0.4, -0.2) is 19.7 Å². The summed E-state index contributed by atoms with van der Waals surface area (Å²) in [6, 6.07) is 6.20. The maximum Gasteiger partial charge on any atom is 0.140 e. The van der Waals surface area contributed by atoms with Crippen molar-refractivity contribution in [3.05, 3.63) is 51.6 Å². The fraction of sp³-hybridized carbons (Fsp3) is 0.0714. The number of benzene rings is 1. The molecule has 1 N–H and O–H groups in total. The normalized spacial score (nSPS) is 10.8. The fourth-order valence-corrected chi connectivity index (χ4v) is 2.73. The second-order valence-electron chi connectivity index (χ2n) is 4.51. The van der Waals surface area contributed by atoms with Gasteiger partial charge in [0.15, 0.2) is 0 Å². The van der Waals surface area contributed by atoms with E-state index in [2.05, 4.69) is 31.0 Å². The van der Waals surface area contributed by atoms with Gasteiger partial charge in [-0.15, -0.1) is 0 Å². The van der Waals surface area contributed by atoms with Crippen LogP contribution in [0.1, 0.15) is 0 Å². The molecular weight excluding hydrogens is 355 g/mol. The molecule has 0 saturated carbocycles. The van der Waals surface area contributed by atoms with Crippen molar-refractivity contribution in [2.75, 3.05) is 0 Å². The Balaban J connectivity index is 2.16. The molecule has 3 aromatic rings. The molecule has 2 aromatic heterocycles. The topological polar surface area (TPSA) is 46.5 Å². The molecule has 3 rings (SSSR count). The third-order valence-corrected chi connectivity index (χ3v) is 3.81. The first-order chi connectivity index (χ1) is 10.0. The molecule has 0 aliphatic carbocycles. The number of aryl methyl sites for hydroxylation is 1. The van der Waals surface area contributed by atoms with E-state index >= 15 is 0 Å². The summed E-state index contributed by atoms with van der Waals surface area (Å²) in [4.78, 5) is 7.51. The molecule has 0 unspecified atom stereocenters. The van der Waals surface area contributed by atoms with Crippen molar-refractivity contribution in [1.82, 2.24) is 19.7 Å². The van der Waals surface area contributed by atoms with E-state index in [1.807, 2.05) is 13.2 Å². The molecule has 0 bridgehead atoms. The van der Waals surface area contributed by atoms with E-state index in [9.17, 15) is 4.39 Å². The van der Waals surface area contributed by atoms with E-state index < -0.39 is 0 Å². The van der Waals surface area contributed by atoms with Crippen LogP contribution in [0.5, 0.6) is 0 Å². The molecule has 0 radical (unpaired) electrons. The van der Waals surface area contributed by atoms with Crippen LogP contribution in [0.3, 0.4) is 0 Å². The van der Waals surface area contributed by atoms with Gasteiger partial charge in [0.2, 0.25) is 0 Å². The first kappa shape index (κ1) is 14.1. The van der Waals surface area contributed by atoms with E-state index in [0.717, 1.165) is 16.8 Å². The molecule has 0 fully saturated rings. The van der Waals surface area contributed by atoms with Crippen molar-refractivity contribution < 1.29 is 4.39 Å². The lowest BCUT2D eigenvalue weighted by Gasteiger charge is -2.06. The molecule has 4 nitrogen and oxygen atoms in total. The van der Waals surface area contributed by atoms with Crippen molar-refractivity contribution in [3.8, 4) is 22.6 Å². The number of hydrogen-bond donors (Lipinski definition) is 1. The minimum absolute atomic E-state index is 0.312. The van der Waals surface area contributed by atoms with Crippen LogP contribution in [0.25, 0.3) is 22.6 Å². The van der Waals surface area contributed by atoms with Gasteiger partial charge in [-0.1, -0.05) is 12.2 Å². The standard InChI is InChI=1S/C14H10BrFN4S/c1-20-7-8(6-17-20)12-5-13(21)19-14(18-12)10-3-2-9(16)4-11(10)15/h2-7H,1H3,(H,18,19,21). The van der Waals surface area contributed by atoms with E-state index in [-0.39, 0.29) is 5.82 Å². The summed E-state index contributed by atoms with van der Waals surface area (Å²) in [5.74, 6) is 0.265. The lowest BCUT2D eigenvalue weighted by atomic mass is 10.2. The highest BCUT2D eigenvalue weighted by Gasteiger charge is 2.09. The highest BCUT2D eigenvalue weighted by atomic mass is 79.9. The Morgan fingerprint density at radius 1 is 1.33 bits per heavy atom. The van der Waals surface area contributed by atoms with E-state index in [4.69, 9.17) is 12.2 Å². The van der Waals surface area contributed by atoms with Gasteiger partial charge in [0.05, 0.1) is 11.9 Å². The Bertz CT molecular complexity index is 871. The van der Waals surface area contributed by atoms with Crippen molar-refractivity contribution in [2.24, 2.45) is 7.05 Å². The second kappa shape index (κ2) is 5.50. The SMILES string of the molecule is Cn1cc(-c2cc(=S)nc(-c3ccc(F)cc3Br)[nH]2)cn1. The molecule has 2 heterocycles. The number of aromatic nitrogens is 4. The monoisotopic (exact) mass is 364 g/mol. The van der Waals surface area contributed by atoms with Crippen LogP contribution in [0.4, 0.5) is 4.39 Å². The predicted octanol–water partition coefficient (Wildman–Crippen LogP) is 4.11. The number of aromatic amines is 1.